The Morgan fingerprint density at radius 2 is 1.50 bits per heavy atom. The van der Waals surface area contributed by atoms with Gasteiger partial charge in [-0.25, -0.2) is 0 Å². The van der Waals surface area contributed by atoms with Gasteiger partial charge in [0.1, 0.15) is 11.1 Å². The number of carbonyl (C=O) groups is 2. The number of aromatic nitrogens is 1. The zero-order chi connectivity index (χ0) is 24.1. The number of nitrogens with zero attached hydrogens (tertiary/aromatic N) is 4. The number of pyridine rings is 1. The molecule has 2 saturated heterocycles. The summed E-state index contributed by atoms with van der Waals surface area (Å²) in [7, 11) is 0. The summed E-state index contributed by atoms with van der Waals surface area (Å²) >= 11 is 1.74. The van der Waals surface area contributed by atoms with E-state index in [0.29, 0.717) is 26.2 Å². The molecule has 0 unspecified atom stereocenters. The third-order valence-corrected chi connectivity index (χ3v) is 7.98. The molecule has 0 N–H and O–H groups in total. The Morgan fingerprint density at radius 3 is 2.03 bits per heavy atom. The Kier molecular flexibility index (Phi) is 8.21. The van der Waals surface area contributed by atoms with E-state index in [1.807, 2.05) is 11.5 Å². The molecule has 184 valence electrons. The van der Waals surface area contributed by atoms with Gasteiger partial charge >= 0.3 is 0 Å². The van der Waals surface area contributed by atoms with Gasteiger partial charge in [0, 0.05) is 69.1 Å². The van der Waals surface area contributed by atoms with Crippen molar-refractivity contribution in [3.63, 3.8) is 0 Å². The molecule has 2 aliphatic heterocycles. The van der Waals surface area contributed by atoms with E-state index in [-0.39, 0.29) is 29.0 Å². The molecule has 2 aliphatic rings. The quantitative estimate of drug-likeness (QED) is 0.625. The van der Waals surface area contributed by atoms with Crippen LogP contribution in [-0.4, -0.2) is 70.3 Å². The van der Waals surface area contributed by atoms with Crippen LogP contribution in [0, 0.1) is 0 Å². The van der Waals surface area contributed by atoms with Crippen LogP contribution in [0.1, 0.15) is 77.6 Å². The summed E-state index contributed by atoms with van der Waals surface area (Å²) in [6.07, 6.45) is 8.31. The Balaban J connectivity index is 1.55. The van der Waals surface area contributed by atoms with Crippen LogP contribution in [-0.2, 0) is 6.54 Å². The van der Waals surface area contributed by atoms with Gasteiger partial charge in [-0.05, 0) is 37.6 Å². The minimum Gasteiger partial charge on any atom is -0.350 e. The van der Waals surface area contributed by atoms with E-state index in [1.165, 1.54) is 4.88 Å². The highest BCUT2D eigenvalue weighted by atomic mass is 32.1. The van der Waals surface area contributed by atoms with Gasteiger partial charge in [0.2, 0.25) is 5.43 Å². The van der Waals surface area contributed by atoms with E-state index < -0.39 is 5.43 Å². The van der Waals surface area contributed by atoms with Gasteiger partial charge in [-0.1, -0.05) is 25.8 Å². The standard InChI is InChI=1S/C26H36N4O3S/c1-3-20(2)30-18-22(25(32)28-10-6-4-5-7-11-28)24(31)23(19-30)26(33)29-14-12-27(13-15-29)17-21-9-8-16-34-21/h8-9,16,18-20H,3-7,10-15,17H2,1-2H3/t20-/m1/s1. The predicted molar refractivity (Wildman–Crippen MR) is 136 cm³/mol. The molecule has 0 aromatic carbocycles. The molecule has 2 aromatic heterocycles. The van der Waals surface area contributed by atoms with Crippen LogP contribution in [0.3, 0.4) is 0 Å². The molecule has 4 rings (SSSR count). The van der Waals surface area contributed by atoms with Gasteiger partial charge in [0.05, 0.1) is 0 Å². The first kappa shape index (κ1) is 24.7. The molecule has 0 saturated carbocycles. The van der Waals surface area contributed by atoms with E-state index in [0.717, 1.165) is 51.7 Å². The molecule has 4 heterocycles. The molecule has 2 fully saturated rings. The number of hydrogen-bond donors (Lipinski definition) is 0. The molecule has 0 aliphatic carbocycles. The predicted octanol–water partition coefficient (Wildman–Crippen LogP) is 3.86. The van der Waals surface area contributed by atoms with Crippen molar-refractivity contribution in [1.29, 1.82) is 0 Å². The lowest BCUT2D eigenvalue weighted by Crippen LogP contribution is -2.49. The van der Waals surface area contributed by atoms with Gasteiger partial charge in [-0.2, -0.15) is 0 Å². The third-order valence-electron chi connectivity index (χ3n) is 7.12. The van der Waals surface area contributed by atoms with Gasteiger partial charge in [-0.3, -0.25) is 19.3 Å². The molecule has 2 aromatic rings. The Bertz CT molecular complexity index is 1030. The van der Waals surface area contributed by atoms with E-state index in [2.05, 4.69) is 29.3 Å². The fourth-order valence-electron chi connectivity index (χ4n) is 4.71. The first-order valence-electron chi connectivity index (χ1n) is 12.6. The van der Waals surface area contributed by atoms with Crippen molar-refractivity contribution in [3.05, 3.63) is 56.1 Å². The van der Waals surface area contributed by atoms with Crippen LogP contribution in [0.25, 0.3) is 0 Å². The molecule has 0 radical (unpaired) electrons. The second kappa shape index (κ2) is 11.3. The highest BCUT2D eigenvalue weighted by molar-refractivity contribution is 7.09. The van der Waals surface area contributed by atoms with E-state index in [9.17, 15) is 14.4 Å². The van der Waals surface area contributed by atoms with Crippen LogP contribution < -0.4 is 5.43 Å². The minimum absolute atomic E-state index is 0.0884. The van der Waals surface area contributed by atoms with Crippen molar-refractivity contribution >= 4 is 23.2 Å². The summed E-state index contributed by atoms with van der Waals surface area (Å²) in [5, 5.41) is 2.08. The number of amides is 2. The third kappa shape index (κ3) is 5.61. The van der Waals surface area contributed by atoms with Crippen LogP contribution in [0.15, 0.2) is 34.7 Å². The van der Waals surface area contributed by atoms with Crippen molar-refractivity contribution in [1.82, 2.24) is 19.3 Å². The summed E-state index contributed by atoms with van der Waals surface area (Å²) in [6.45, 7) is 9.05. The Morgan fingerprint density at radius 1 is 0.912 bits per heavy atom. The SMILES string of the molecule is CC[C@@H](C)n1cc(C(=O)N2CCCCCC2)c(=O)c(C(=O)N2CCN(Cc3cccs3)CC2)c1. The number of hydrogen-bond acceptors (Lipinski definition) is 5. The lowest BCUT2D eigenvalue weighted by Gasteiger charge is -2.34. The van der Waals surface area contributed by atoms with Crippen molar-refractivity contribution < 1.29 is 9.59 Å². The highest BCUT2D eigenvalue weighted by Crippen LogP contribution is 2.18. The minimum atomic E-state index is -0.431. The number of thiophene rings is 1. The van der Waals surface area contributed by atoms with Gasteiger partial charge in [-0.15, -0.1) is 11.3 Å². The lowest BCUT2D eigenvalue weighted by molar-refractivity contribution is 0.0627. The van der Waals surface area contributed by atoms with Crippen molar-refractivity contribution in [3.8, 4) is 0 Å². The zero-order valence-corrected chi connectivity index (χ0v) is 21.2. The lowest BCUT2D eigenvalue weighted by atomic mass is 10.1. The maximum Gasteiger partial charge on any atom is 0.259 e. The normalized spacial score (nSPS) is 18.5. The zero-order valence-electron chi connectivity index (χ0n) is 20.4. The molecule has 34 heavy (non-hydrogen) atoms. The maximum absolute atomic E-state index is 13.5. The first-order valence-corrected chi connectivity index (χ1v) is 13.4. The van der Waals surface area contributed by atoms with Gasteiger partial charge in [0.15, 0.2) is 0 Å². The number of likely N-dealkylation sites (tertiary alicyclic amines) is 1. The van der Waals surface area contributed by atoms with Crippen molar-refractivity contribution in [2.75, 3.05) is 39.3 Å². The van der Waals surface area contributed by atoms with Gasteiger partial charge < -0.3 is 14.4 Å². The number of carbonyl (C=O) groups excluding carboxylic acids is 2. The van der Waals surface area contributed by atoms with Gasteiger partial charge in [0.25, 0.3) is 11.8 Å². The fourth-order valence-corrected chi connectivity index (χ4v) is 5.46. The van der Waals surface area contributed by atoms with E-state index in [1.54, 1.807) is 33.5 Å². The van der Waals surface area contributed by atoms with E-state index in [4.69, 9.17) is 0 Å². The molecular weight excluding hydrogens is 448 g/mol. The topological polar surface area (TPSA) is 65.9 Å². The molecule has 8 heteroatoms. The van der Waals surface area contributed by atoms with E-state index >= 15 is 0 Å². The molecular formula is C26H36N4O3S. The fraction of sp³-hybridized carbons (Fsp3) is 0.577. The average Bonchev–Trinajstić information content (AvgIpc) is 3.22. The first-order chi connectivity index (χ1) is 16.5. The van der Waals surface area contributed by atoms with Crippen LogP contribution in [0.4, 0.5) is 0 Å². The Hall–Kier alpha value is -2.45. The van der Waals surface area contributed by atoms with Crippen molar-refractivity contribution in [2.45, 2.75) is 58.5 Å². The summed E-state index contributed by atoms with van der Waals surface area (Å²) in [4.78, 5) is 47.5. The highest BCUT2D eigenvalue weighted by Gasteiger charge is 2.28. The molecule has 2 amide bonds. The summed E-state index contributed by atoms with van der Waals surface area (Å²) < 4.78 is 1.88. The molecule has 0 spiro atoms. The van der Waals surface area contributed by atoms with Crippen LogP contribution >= 0.6 is 11.3 Å². The monoisotopic (exact) mass is 484 g/mol. The summed E-state index contributed by atoms with van der Waals surface area (Å²) in [6, 6.07) is 4.28. The number of rotatable bonds is 6. The molecule has 1 atom stereocenters. The van der Waals surface area contributed by atoms with Crippen LogP contribution in [0.2, 0.25) is 0 Å². The second-order valence-electron chi connectivity index (χ2n) is 9.47. The van der Waals surface area contributed by atoms with Crippen molar-refractivity contribution in [2.24, 2.45) is 0 Å². The maximum atomic E-state index is 13.5. The molecule has 7 nitrogen and oxygen atoms in total. The largest absolute Gasteiger partial charge is 0.350 e. The Labute approximate surface area is 206 Å². The second-order valence-corrected chi connectivity index (χ2v) is 10.5. The summed E-state index contributed by atoms with van der Waals surface area (Å²) in [5.41, 5.74) is -0.183. The number of piperazine rings is 1. The average molecular weight is 485 g/mol. The summed E-state index contributed by atoms with van der Waals surface area (Å²) in [5.74, 6) is -0.497. The van der Waals surface area contributed by atoms with Crippen LogP contribution in [0.5, 0.6) is 0 Å². The molecule has 0 bridgehead atoms. The smallest absolute Gasteiger partial charge is 0.259 e.